The SMILES string of the molecule is COc1cc(Cl)c(Oc2cc(NCc3nc4ccccc4[nH]3)nc(N3CCN(C(C)=O)CC3)n2)cc1OC. The molecule has 0 unspecified atom stereocenters. The lowest BCUT2D eigenvalue weighted by molar-refractivity contribution is -0.129. The summed E-state index contributed by atoms with van der Waals surface area (Å²) in [5.74, 6) is 3.48. The van der Waals surface area contributed by atoms with E-state index in [9.17, 15) is 4.79 Å². The van der Waals surface area contributed by atoms with Crippen LogP contribution in [0.15, 0.2) is 42.5 Å². The molecule has 2 aromatic carbocycles. The maximum atomic E-state index is 11.8. The van der Waals surface area contributed by atoms with E-state index in [1.165, 1.54) is 7.11 Å². The summed E-state index contributed by atoms with van der Waals surface area (Å²) in [4.78, 5) is 32.9. The van der Waals surface area contributed by atoms with Crippen LogP contribution >= 0.6 is 11.6 Å². The fourth-order valence-electron chi connectivity index (χ4n) is 4.21. The molecule has 12 heteroatoms. The van der Waals surface area contributed by atoms with E-state index >= 15 is 0 Å². The molecule has 2 N–H and O–H groups in total. The smallest absolute Gasteiger partial charge is 0.230 e. The Kier molecular flexibility index (Phi) is 7.36. The van der Waals surface area contributed by atoms with Gasteiger partial charge < -0.3 is 34.3 Å². The van der Waals surface area contributed by atoms with Crippen molar-refractivity contribution < 1.29 is 19.0 Å². The predicted molar refractivity (Wildman–Crippen MR) is 145 cm³/mol. The number of H-pyrrole nitrogens is 1. The van der Waals surface area contributed by atoms with E-state index in [-0.39, 0.29) is 5.91 Å². The molecule has 38 heavy (non-hydrogen) atoms. The molecule has 2 aromatic heterocycles. The highest BCUT2D eigenvalue weighted by Gasteiger charge is 2.22. The third kappa shape index (κ3) is 5.52. The molecule has 5 rings (SSSR count). The number of para-hydroxylation sites is 2. The van der Waals surface area contributed by atoms with Crippen molar-refractivity contribution in [3.8, 4) is 23.1 Å². The lowest BCUT2D eigenvalue weighted by Crippen LogP contribution is -2.48. The van der Waals surface area contributed by atoms with E-state index in [2.05, 4.69) is 20.3 Å². The summed E-state index contributed by atoms with van der Waals surface area (Å²) in [6.45, 7) is 4.37. The van der Waals surface area contributed by atoms with E-state index in [0.29, 0.717) is 72.6 Å². The van der Waals surface area contributed by atoms with Gasteiger partial charge in [0.2, 0.25) is 17.7 Å². The molecule has 1 aliphatic heterocycles. The van der Waals surface area contributed by atoms with Gasteiger partial charge >= 0.3 is 0 Å². The number of amides is 1. The fraction of sp³-hybridized carbons (Fsp3) is 0.308. The molecule has 0 radical (unpaired) electrons. The van der Waals surface area contributed by atoms with Crippen molar-refractivity contribution in [1.29, 1.82) is 0 Å². The molecule has 0 bridgehead atoms. The molecular weight excluding hydrogens is 510 g/mol. The molecule has 1 fully saturated rings. The summed E-state index contributed by atoms with van der Waals surface area (Å²) in [5.41, 5.74) is 1.85. The molecule has 0 atom stereocenters. The second kappa shape index (κ2) is 11.0. The number of methoxy groups -OCH3 is 2. The zero-order valence-corrected chi connectivity index (χ0v) is 22.1. The van der Waals surface area contributed by atoms with Gasteiger partial charge in [-0.2, -0.15) is 9.97 Å². The van der Waals surface area contributed by atoms with Gasteiger partial charge in [0.05, 0.1) is 36.8 Å². The molecule has 1 saturated heterocycles. The summed E-state index contributed by atoms with van der Waals surface area (Å²) in [7, 11) is 3.08. The number of fused-ring (bicyclic) bond motifs is 1. The third-order valence-corrected chi connectivity index (χ3v) is 6.52. The number of carbonyl (C=O) groups is 1. The van der Waals surface area contributed by atoms with Crippen LogP contribution in [0.1, 0.15) is 12.7 Å². The third-order valence-electron chi connectivity index (χ3n) is 6.23. The highest BCUT2D eigenvalue weighted by molar-refractivity contribution is 6.32. The molecule has 4 aromatic rings. The fourth-order valence-corrected chi connectivity index (χ4v) is 4.40. The summed E-state index contributed by atoms with van der Waals surface area (Å²) in [5, 5.41) is 3.66. The molecule has 11 nitrogen and oxygen atoms in total. The van der Waals surface area contributed by atoms with E-state index in [4.69, 9.17) is 30.8 Å². The van der Waals surface area contributed by atoms with Gasteiger partial charge in [-0.3, -0.25) is 4.79 Å². The Hall–Kier alpha value is -4.25. The number of piperazine rings is 1. The number of halogens is 1. The summed E-state index contributed by atoms with van der Waals surface area (Å²) < 4.78 is 16.8. The lowest BCUT2D eigenvalue weighted by atomic mass is 10.3. The zero-order valence-electron chi connectivity index (χ0n) is 21.3. The number of aromatic nitrogens is 4. The van der Waals surface area contributed by atoms with Gasteiger partial charge in [-0.1, -0.05) is 23.7 Å². The van der Waals surface area contributed by atoms with Crippen LogP contribution in [0.2, 0.25) is 5.02 Å². The van der Waals surface area contributed by atoms with Crippen LogP contribution in [0.3, 0.4) is 0 Å². The van der Waals surface area contributed by atoms with Gasteiger partial charge in [0.25, 0.3) is 0 Å². The maximum Gasteiger partial charge on any atom is 0.230 e. The van der Waals surface area contributed by atoms with Crippen LogP contribution < -0.4 is 24.4 Å². The van der Waals surface area contributed by atoms with Crippen LogP contribution in [-0.2, 0) is 11.3 Å². The number of hydrogen-bond donors (Lipinski definition) is 2. The Bertz CT molecular complexity index is 1420. The summed E-state index contributed by atoms with van der Waals surface area (Å²) >= 11 is 6.46. The maximum absolute atomic E-state index is 11.8. The number of benzene rings is 2. The van der Waals surface area contributed by atoms with Gasteiger partial charge in [0.15, 0.2) is 17.2 Å². The van der Waals surface area contributed by atoms with Crippen LogP contribution in [0, 0.1) is 0 Å². The van der Waals surface area contributed by atoms with Gasteiger partial charge in [0, 0.05) is 51.3 Å². The Labute approximate surface area is 224 Å². The van der Waals surface area contributed by atoms with Gasteiger partial charge in [-0.25, -0.2) is 4.98 Å². The molecule has 0 spiro atoms. The number of rotatable bonds is 8. The number of carbonyl (C=O) groups excluding carboxylic acids is 1. The summed E-state index contributed by atoms with van der Waals surface area (Å²) in [6.07, 6.45) is 0. The van der Waals surface area contributed by atoms with Crippen molar-refractivity contribution in [2.45, 2.75) is 13.5 Å². The molecule has 3 heterocycles. The number of ether oxygens (including phenoxy) is 3. The average Bonchev–Trinajstić information content (AvgIpc) is 3.36. The normalized spacial score (nSPS) is 13.5. The van der Waals surface area contributed by atoms with Crippen molar-refractivity contribution in [2.24, 2.45) is 0 Å². The monoisotopic (exact) mass is 537 g/mol. The van der Waals surface area contributed by atoms with Crippen molar-refractivity contribution in [3.63, 3.8) is 0 Å². The number of anilines is 2. The van der Waals surface area contributed by atoms with Crippen LogP contribution in [-0.4, -0.2) is 71.1 Å². The Morgan fingerprint density at radius 3 is 2.45 bits per heavy atom. The van der Waals surface area contributed by atoms with Gasteiger partial charge in [-0.15, -0.1) is 0 Å². The molecular formula is C26H28ClN7O4. The van der Waals surface area contributed by atoms with Crippen molar-refractivity contribution in [2.75, 3.05) is 50.6 Å². The van der Waals surface area contributed by atoms with E-state index in [1.807, 2.05) is 29.2 Å². The highest BCUT2D eigenvalue weighted by Crippen LogP contribution is 2.39. The standard InChI is InChI=1S/C26H28ClN7O4/c1-16(35)33-8-10-34(11-9-33)26-31-23(28-15-24-29-18-6-4-5-7-19(18)30-24)14-25(32-26)38-20-13-22(37-3)21(36-2)12-17(20)27/h4-7,12-14H,8-11,15H2,1-3H3,(H,29,30)(H,28,31,32). The molecule has 198 valence electrons. The van der Waals surface area contributed by atoms with Crippen molar-refractivity contribution in [1.82, 2.24) is 24.8 Å². The largest absolute Gasteiger partial charge is 0.493 e. The van der Waals surface area contributed by atoms with Crippen LogP contribution in [0.25, 0.3) is 11.0 Å². The number of nitrogens with one attached hydrogen (secondary N) is 2. The quantitative estimate of drug-likeness (QED) is 0.342. The first-order chi connectivity index (χ1) is 18.4. The lowest BCUT2D eigenvalue weighted by Gasteiger charge is -2.34. The topological polar surface area (TPSA) is 118 Å². The molecule has 1 amide bonds. The number of nitrogens with zero attached hydrogens (tertiary/aromatic N) is 5. The van der Waals surface area contributed by atoms with Crippen LogP contribution in [0.4, 0.5) is 11.8 Å². The molecule has 0 aliphatic carbocycles. The second-order valence-electron chi connectivity index (χ2n) is 8.68. The Balaban J connectivity index is 1.42. The molecule has 1 aliphatic rings. The zero-order chi connectivity index (χ0) is 26.6. The number of aromatic amines is 1. The highest BCUT2D eigenvalue weighted by atomic mass is 35.5. The van der Waals surface area contributed by atoms with E-state index < -0.39 is 0 Å². The first kappa shape index (κ1) is 25.4. The molecule has 0 saturated carbocycles. The minimum absolute atomic E-state index is 0.0546. The van der Waals surface area contributed by atoms with Gasteiger partial charge in [-0.05, 0) is 12.1 Å². The first-order valence-corrected chi connectivity index (χ1v) is 12.5. The average molecular weight is 538 g/mol. The summed E-state index contributed by atoms with van der Waals surface area (Å²) in [6, 6.07) is 12.8. The minimum atomic E-state index is 0.0546. The first-order valence-electron chi connectivity index (χ1n) is 12.1. The number of imidazole rings is 1. The number of hydrogen-bond acceptors (Lipinski definition) is 9. The van der Waals surface area contributed by atoms with Crippen molar-refractivity contribution >= 4 is 40.3 Å². The second-order valence-corrected chi connectivity index (χ2v) is 9.09. The Morgan fingerprint density at radius 2 is 1.74 bits per heavy atom. The van der Waals surface area contributed by atoms with Crippen molar-refractivity contribution in [3.05, 3.63) is 53.3 Å². The Morgan fingerprint density at radius 1 is 1.00 bits per heavy atom. The van der Waals surface area contributed by atoms with Gasteiger partial charge in [0.1, 0.15) is 11.6 Å². The van der Waals surface area contributed by atoms with E-state index in [0.717, 1.165) is 16.9 Å². The predicted octanol–water partition coefficient (Wildman–Crippen LogP) is 4.10. The minimum Gasteiger partial charge on any atom is -0.493 e. The van der Waals surface area contributed by atoms with E-state index in [1.54, 1.807) is 37.1 Å². The van der Waals surface area contributed by atoms with Crippen LogP contribution in [0.5, 0.6) is 23.1 Å².